The van der Waals surface area contributed by atoms with Crippen molar-refractivity contribution in [2.24, 2.45) is 0 Å². The first kappa shape index (κ1) is 21.9. The fourth-order valence-corrected chi connectivity index (χ4v) is 2.55. The number of esters is 1. The summed E-state index contributed by atoms with van der Waals surface area (Å²) in [5, 5.41) is 1.67. The first-order chi connectivity index (χ1) is 13.1. The monoisotopic (exact) mass is 440 g/mol. The molecule has 0 unspecified atom stereocenters. The Hall–Kier alpha value is -2.40. The molecule has 0 bridgehead atoms. The molecule has 0 saturated carbocycles. The third-order valence-corrected chi connectivity index (χ3v) is 4.09. The number of alkyl halides is 5. The van der Waals surface area contributed by atoms with Gasteiger partial charge in [0.2, 0.25) is 0 Å². The van der Waals surface area contributed by atoms with Crippen molar-refractivity contribution in [3.8, 4) is 0 Å². The molecule has 0 fully saturated rings. The van der Waals surface area contributed by atoms with Crippen molar-refractivity contribution in [3.63, 3.8) is 0 Å². The number of carbonyl (C=O) groups is 2. The average molecular weight is 441 g/mol. The second-order valence-electron chi connectivity index (χ2n) is 5.08. The Morgan fingerprint density at radius 2 is 1.86 bits per heavy atom. The minimum Gasteiger partial charge on any atom is -0.452 e. The lowest BCUT2D eigenvalue weighted by atomic mass is 10.2. The number of ether oxygens (including phenoxy) is 1. The molecule has 5 nitrogen and oxygen atoms in total. The lowest BCUT2D eigenvalue weighted by Crippen LogP contribution is -2.22. The smallest absolute Gasteiger partial charge is 0.417 e. The van der Waals surface area contributed by atoms with E-state index in [1.165, 1.54) is 24.3 Å². The van der Waals surface area contributed by atoms with Crippen LogP contribution in [0.25, 0.3) is 0 Å². The molecule has 0 aliphatic carbocycles. The molecule has 2 aromatic rings. The van der Waals surface area contributed by atoms with Crippen LogP contribution in [0.1, 0.15) is 15.9 Å². The van der Waals surface area contributed by atoms with Gasteiger partial charge in [-0.3, -0.25) is 4.79 Å². The summed E-state index contributed by atoms with van der Waals surface area (Å²) in [5.74, 6) is -4.71. The molecule has 1 aromatic heterocycles. The van der Waals surface area contributed by atoms with Crippen LogP contribution < -0.4 is 5.32 Å². The van der Waals surface area contributed by atoms with Gasteiger partial charge in [-0.05, 0) is 30.3 Å². The molecule has 1 heterocycles. The Bertz CT molecular complexity index is 862. The van der Waals surface area contributed by atoms with E-state index in [-0.39, 0.29) is 16.3 Å². The molecule has 0 aliphatic rings. The molecule has 28 heavy (non-hydrogen) atoms. The second-order valence-corrected chi connectivity index (χ2v) is 6.55. The maximum Gasteiger partial charge on any atom is 0.417 e. The lowest BCUT2D eigenvalue weighted by Gasteiger charge is -2.10. The number of hydrogen-bond acceptors (Lipinski definition) is 5. The number of amides is 1. The molecule has 0 atom stereocenters. The van der Waals surface area contributed by atoms with Crippen LogP contribution >= 0.6 is 23.4 Å². The average Bonchev–Trinajstić information content (AvgIpc) is 2.60. The summed E-state index contributed by atoms with van der Waals surface area (Å²) >= 11 is 5.95. The summed E-state index contributed by atoms with van der Waals surface area (Å²) in [6.07, 6.45) is -4.15. The van der Waals surface area contributed by atoms with E-state index < -0.39 is 41.0 Å². The van der Waals surface area contributed by atoms with Crippen LogP contribution in [0.5, 0.6) is 0 Å². The van der Waals surface area contributed by atoms with Gasteiger partial charge in [-0.2, -0.15) is 22.0 Å². The largest absolute Gasteiger partial charge is 0.452 e. The molecule has 1 aromatic carbocycles. The number of carbonyl (C=O) groups excluding carboxylic acids is 2. The van der Waals surface area contributed by atoms with Gasteiger partial charge in [-0.15, -0.1) is 0 Å². The van der Waals surface area contributed by atoms with Crippen LogP contribution in [0.4, 0.5) is 27.8 Å². The number of nitrogens with zero attached hydrogens (tertiary/aromatic N) is 1. The SMILES string of the molecule is O=C(COC(=O)c1ccc(SC(F)F)cc1)Nc1ncc(C(F)(F)F)cc1Cl. The zero-order chi connectivity index (χ0) is 20.9. The van der Waals surface area contributed by atoms with Crippen LogP contribution in [-0.2, 0) is 15.7 Å². The number of nitrogens with one attached hydrogen (secondary N) is 1. The van der Waals surface area contributed by atoms with E-state index in [1.807, 2.05) is 0 Å². The van der Waals surface area contributed by atoms with Crippen LogP contribution in [0, 0.1) is 0 Å². The van der Waals surface area contributed by atoms with Crippen molar-refractivity contribution in [2.75, 3.05) is 11.9 Å². The van der Waals surface area contributed by atoms with Crippen molar-refractivity contribution in [2.45, 2.75) is 16.8 Å². The van der Waals surface area contributed by atoms with E-state index in [0.29, 0.717) is 24.0 Å². The van der Waals surface area contributed by atoms with Crippen LogP contribution in [-0.4, -0.2) is 29.2 Å². The molecule has 12 heteroatoms. The van der Waals surface area contributed by atoms with Crippen LogP contribution in [0.3, 0.4) is 0 Å². The highest BCUT2D eigenvalue weighted by atomic mass is 35.5. The zero-order valence-electron chi connectivity index (χ0n) is 13.6. The predicted molar refractivity (Wildman–Crippen MR) is 91.5 cm³/mol. The summed E-state index contributed by atoms with van der Waals surface area (Å²) in [7, 11) is 0. The van der Waals surface area contributed by atoms with E-state index in [2.05, 4.69) is 10.3 Å². The van der Waals surface area contributed by atoms with E-state index in [4.69, 9.17) is 16.3 Å². The predicted octanol–water partition coefficient (Wildman–Crippen LogP) is 4.86. The highest BCUT2D eigenvalue weighted by Crippen LogP contribution is 2.32. The molecule has 0 spiro atoms. The quantitative estimate of drug-likeness (QED) is 0.394. The maximum absolute atomic E-state index is 12.5. The van der Waals surface area contributed by atoms with Gasteiger partial charge in [0.1, 0.15) is 0 Å². The summed E-state index contributed by atoms with van der Waals surface area (Å²) in [4.78, 5) is 27.3. The van der Waals surface area contributed by atoms with Crippen molar-refractivity contribution in [1.29, 1.82) is 0 Å². The number of benzene rings is 1. The van der Waals surface area contributed by atoms with E-state index in [1.54, 1.807) is 0 Å². The summed E-state index contributed by atoms with van der Waals surface area (Å²) < 4.78 is 66.8. The molecule has 0 radical (unpaired) electrons. The van der Waals surface area contributed by atoms with Gasteiger partial charge in [0.25, 0.3) is 11.7 Å². The lowest BCUT2D eigenvalue weighted by molar-refractivity contribution is -0.137. The number of thioether (sulfide) groups is 1. The van der Waals surface area contributed by atoms with Gasteiger partial charge in [0, 0.05) is 11.1 Å². The van der Waals surface area contributed by atoms with Gasteiger partial charge in [-0.1, -0.05) is 23.4 Å². The Labute approximate surface area is 164 Å². The third-order valence-electron chi connectivity index (χ3n) is 3.08. The van der Waals surface area contributed by atoms with Gasteiger partial charge in [0.05, 0.1) is 16.1 Å². The van der Waals surface area contributed by atoms with Crippen molar-refractivity contribution in [3.05, 3.63) is 52.7 Å². The molecule has 1 N–H and O–H groups in total. The van der Waals surface area contributed by atoms with E-state index in [9.17, 15) is 31.5 Å². The first-order valence-electron chi connectivity index (χ1n) is 7.31. The molecule has 150 valence electrons. The molecular weight excluding hydrogens is 431 g/mol. The number of rotatable bonds is 6. The molecule has 2 rings (SSSR count). The summed E-state index contributed by atoms with van der Waals surface area (Å²) in [5.41, 5.74) is -1.06. The number of hydrogen-bond donors (Lipinski definition) is 1. The fraction of sp³-hybridized carbons (Fsp3) is 0.188. The zero-order valence-corrected chi connectivity index (χ0v) is 15.2. The number of anilines is 1. The van der Waals surface area contributed by atoms with Gasteiger partial charge in [-0.25, -0.2) is 9.78 Å². The Morgan fingerprint density at radius 3 is 2.39 bits per heavy atom. The summed E-state index contributed by atoms with van der Waals surface area (Å²) in [6.45, 7) is -0.759. The molecule has 0 saturated heterocycles. The van der Waals surface area contributed by atoms with Crippen molar-refractivity contribution in [1.82, 2.24) is 4.98 Å². The highest BCUT2D eigenvalue weighted by Gasteiger charge is 2.31. The molecule has 0 aliphatic heterocycles. The normalized spacial score (nSPS) is 11.4. The minimum absolute atomic E-state index is 0.0251. The standard InChI is InChI=1S/C16H10ClF5N2O3S/c17-11-5-9(16(20,21)22)6-23-13(11)24-12(25)7-27-14(26)8-1-3-10(4-2-8)28-15(18)19/h1-6,15H,7H2,(H,23,24,25). The number of pyridine rings is 1. The minimum atomic E-state index is -4.64. The maximum atomic E-state index is 12.5. The fourth-order valence-electron chi connectivity index (χ4n) is 1.84. The topological polar surface area (TPSA) is 68.3 Å². The van der Waals surface area contributed by atoms with Crippen molar-refractivity contribution >= 4 is 41.1 Å². The number of halogens is 6. The van der Waals surface area contributed by atoms with E-state index >= 15 is 0 Å². The van der Waals surface area contributed by atoms with Gasteiger partial charge >= 0.3 is 12.1 Å². The van der Waals surface area contributed by atoms with Crippen LogP contribution in [0.15, 0.2) is 41.4 Å². The number of aromatic nitrogens is 1. The van der Waals surface area contributed by atoms with Gasteiger partial charge < -0.3 is 10.1 Å². The summed E-state index contributed by atoms with van der Waals surface area (Å²) in [6, 6.07) is 5.67. The van der Waals surface area contributed by atoms with Crippen LogP contribution in [0.2, 0.25) is 5.02 Å². The molecular formula is C16H10ClF5N2O3S. The van der Waals surface area contributed by atoms with Crippen molar-refractivity contribution < 1.29 is 36.3 Å². The molecule has 1 amide bonds. The Morgan fingerprint density at radius 1 is 1.21 bits per heavy atom. The van der Waals surface area contributed by atoms with E-state index in [0.717, 1.165) is 0 Å². The first-order valence-corrected chi connectivity index (χ1v) is 8.56. The Kier molecular flexibility index (Phi) is 7.19. The Balaban J connectivity index is 1.91. The third kappa shape index (κ3) is 6.34. The second kappa shape index (κ2) is 9.20. The van der Waals surface area contributed by atoms with Gasteiger partial charge in [0.15, 0.2) is 12.4 Å². The highest BCUT2D eigenvalue weighted by molar-refractivity contribution is 7.99.